The summed E-state index contributed by atoms with van der Waals surface area (Å²) in [6.07, 6.45) is 2.54. The van der Waals surface area contributed by atoms with E-state index in [2.05, 4.69) is 40.7 Å². The Kier molecular flexibility index (Phi) is 9.22. The molecule has 1 fully saturated rings. The third-order valence-electron chi connectivity index (χ3n) is 6.16. The van der Waals surface area contributed by atoms with Crippen molar-refractivity contribution in [3.63, 3.8) is 0 Å². The first-order chi connectivity index (χ1) is 15.2. The van der Waals surface area contributed by atoms with Gasteiger partial charge in [-0.3, -0.25) is 9.79 Å². The molecule has 4 rings (SSSR count). The number of carbonyl (C=O) groups is 1. The average molecular weight is 569 g/mol. The van der Waals surface area contributed by atoms with Crippen LogP contribution in [-0.4, -0.2) is 61.5 Å². The van der Waals surface area contributed by atoms with Crippen LogP contribution < -0.4 is 10.1 Å². The largest absolute Gasteiger partial charge is 0.497 e. The van der Waals surface area contributed by atoms with Crippen LogP contribution in [0.3, 0.4) is 0 Å². The Morgan fingerprint density at radius 3 is 2.78 bits per heavy atom. The van der Waals surface area contributed by atoms with Crippen molar-refractivity contribution in [2.24, 2.45) is 4.99 Å². The van der Waals surface area contributed by atoms with E-state index in [1.807, 2.05) is 17.0 Å². The third-order valence-corrected chi connectivity index (χ3v) is 7.18. The fourth-order valence-electron chi connectivity index (χ4n) is 4.40. The monoisotopic (exact) mass is 568 g/mol. The summed E-state index contributed by atoms with van der Waals surface area (Å²) in [5, 5.41) is 5.54. The number of rotatable bonds is 6. The van der Waals surface area contributed by atoms with Crippen LogP contribution in [0.1, 0.15) is 41.7 Å². The molecule has 2 aromatic rings. The minimum atomic E-state index is 0. The highest BCUT2D eigenvalue weighted by Crippen LogP contribution is 2.28. The normalized spacial score (nSPS) is 18.2. The van der Waals surface area contributed by atoms with Crippen molar-refractivity contribution in [3.05, 3.63) is 51.7 Å². The molecule has 0 aliphatic carbocycles. The van der Waals surface area contributed by atoms with Crippen LogP contribution in [-0.2, 0) is 17.8 Å². The minimum Gasteiger partial charge on any atom is -0.497 e. The van der Waals surface area contributed by atoms with E-state index in [0.717, 1.165) is 57.3 Å². The van der Waals surface area contributed by atoms with Crippen molar-refractivity contribution in [2.45, 2.75) is 38.6 Å². The SMILES string of the molecule is CCNC(=NCCC(=O)N1CCc2sccc2C1)N1CCC(c2ccc(OC)cc2)C1.I. The van der Waals surface area contributed by atoms with Gasteiger partial charge in [-0.05, 0) is 54.5 Å². The van der Waals surface area contributed by atoms with Crippen LogP contribution in [0.5, 0.6) is 5.75 Å². The zero-order valence-corrected chi connectivity index (χ0v) is 22.0. The summed E-state index contributed by atoms with van der Waals surface area (Å²) in [7, 11) is 1.70. The number of aliphatic imine (C=N–C) groups is 1. The van der Waals surface area contributed by atoms with Gasteiger partial charge in [0.15, 0.2) is 5.96 Å². The number of fused-ring (bicyclic) bond motifs is 1. The van der Waals surface area contributed by atoms with E-state index in [9.17, 15) is 4.79 Å². The molecule has 0 saturated carbocycles. The second kappa shape index (κ2) is 11.9. The standard InChI is InChI=1S/C24H32N4O2S.HI/c1-3-25-24(28-13-9-19(16-28)18-4-6-21(30-2)7-5-18)26-12-8-23(29)27-14-10-22-20(17-27)11-15-31-22;/h4-7,11,15,19H,3,8-10,12-14,16-17H2,1-2H3,(H,25,26);1H. The number of amides is 1. The Morgan fingerprint density at radius 1 is 1.22 bits per heavy atom. The van der Waals surface area contributed by atoms with Gasteiger partial charge in [-0.1, -0.05) is 12.1 Å². The molecule has 1 aromatic heterocycles. The first-order valence-corrected chi connectivity index (χ1v) is 12.1. The van der Waals surface area contributed by atoms with E-state index in [4.69, 9.17) is 9.73 Å². The number of hydrogen-bond donors (Lipinski definition) is 1. The number of nitrogens with one attached hydrogen (secondary N) is 1. The Morgan fingerprint density at radius 2 is 2.03 bits per heavy atom. The number of nitrogens with zero attached hydrogens (tertiary/aromatic N) is 3. The molecular weight excluding hydrogens is 535 g/mol. The zero-order chi connectivity index (χ0) is 21.6. The maximum Gasteiger partial charge on any atom is 0.224 e. The zero-order valence-electron chi connectivity index (χ0n) is 18.9. The van der Waals surface area contributed by atoms with E-state index in [1.54, 1.807) is 18.4 Å². The molecule has 1 N–H and O–H groups in total. The number of carbonyl (C=O) groups excluding carboxylic acids is 1. The lowest BCUT2D eigenvalue weighted by Crippen LogP contribution is -2.40. The predicted molar refractivity (Wildman–Crippen MR) is 141 cm³/mol. The lowest BCUT2D eigenvalue weighted by molar-refractivity contribution is -0.131. The summed E-state index contributed by atoms with van der Waals surface area (Å²) in [6.45, 7) is 6.93. The summed E-state index contributed by atoms with van der Waals surface area (Å²) >= 11 is 1.80. The summed E-state index contributed by atoms with van der Waals surface area (Å²) in [6, 6.07) is 10.5. The maximum atomic E-state index is 12.7. The van der Waals surface area contributed by atoms with Crippen molar-refractivity contribution in [3.8, 4) is 5.75 Å². The number of ether oxygens (including phenoxy) is 1. The van der Waals surface area contributed by atoms with E-state index >= 15 is 0 Å². The molecule has 2 aliphatic heterocycles. The van der Waals surface area contributed by atoms with Crippen LogP contribution in [0.4, 0.5) is 0 Å². The minimum absolute atomic E-state index is 0. The molecule has 1 unspecified atom stereocenters. The molecule has 1 aromatic carbocycles. The number of hydrogen-bond acceptors (Lipinski definition) is 4. The third kappa shape index (κ3) is 5.95. The molecule has 0 spiro atoms. The van der Waals surface area contributed by atoms with Gasteiger partial charge >= 0.3 is 0 Å². The number of likely N-dealkylation sites (tertiary alicyclic amines) is 1. The van der Waals surface area contributed by atoms with Gasteiger partial charge in [0.05, 0.1) is 13.7 Å². The van der Waals surface area contributed by atoms with E-state index in [0.29, 0.717) is 18.9 Å². The molecule has 1 atom stereocenters. The summed E-state index contributed by atoms with van der Waals surface area (Å²) < 4.78 is 5.27. The molecule has 174 valence electrons. The Hall–Kier alpha value is -1.81. The van der Waals surface area contributed by atoms with Crippen LogP contribution >= 0.6 is 35.3 Å². The van der Waals surface area contributed by atoms with Crippen LogP contribution in [0.2, 0.25) is 0 Å². The van der Waals surface area contributed by atoms with E-state index in [-0.39, 0.29) is 29.9 Å². The molecule has 1 saturated heterocycles. The average Bonchev–Trinajstić information content (AvgIpc) is 3.48. The first kappa shape index (κ1) is 24.8. The number of halogens is 1. The Labute approximate surface area is 212 Å². The van der Waals surface area contributed by atoms with Gasteiger partial charge in [0, 0.05) is 49.9 Å². The van der Waals surface area contributed by atoms with Gasteiger partial charge < -0.3 is 19.9 Å². The molecule has 0 bridgehead atoms. The van der Waals surface area contributed by atoms with E-state index in [1.165, 1.54) is 16.0 Å². The fraction of sp³-hybridized carbons (Fsp3) is 0.500. The fourth-order valence-corrected chi connectivity index (χ4v) is 5.29. The molecule has 1 amide bonds. The highest BCUT2D eigenvalue weighted by atomic mass is 127. The van der Waals surface area contributed by atoms with Crippen molar-refractivity contribution in [2.75, 3.05) is 39.8 Å². The molecule has 0 radical (unpaired) electrons. The van der Waals surface area contributed by atoms with Crippen molar-refractivity contribution in [1.82, 2.24) is 15.1 Å². The molecule has 6 nitrogen and oxygen atoms in total. The molecule has 3 heterocycles. The topological polar surface area (TPSA) is 57.2 Å². The Balaban J connectivity index is 0.00000289. The maximum absolute atomic E-state index is 12.7. The lowest BCUT2D eigenvalue weighted by Gasteiger charge is -2.27. The number of methoxy groups -OCH3 is 1. The molecule has 8 heteroatoms. The Bertz CT molecular complexity index is 915. The predicted octanol–water partition coefficient (Wildman–Crippen LogP) is 4.10. The number of benzene rings is 1. The van der Waals surface area contributed by atoms with Gasteiger partial charge in [0.25, 0.3) is 0 Å². The van der Waals surface area contributed by atoms with Gasteiger partial charge in [-0.15, -0.1) is 35.3 Å². The lowest BCUT2D eigenvalue weighted by atomic mass is 9.98. The van der Waals surface area contributed by atoms with E-state index < -0.39 is 0 Å². The highest BCUT2D eigenvalue weighted by Gasteiger charge is 2.26. The second-order valence-electron chi connectivity index (χ2n) is 8.12. The summed E-state index contributed by atoms with van der Waals surface area (Å²) in [5.41, 5.74) is 2.65. The van der Waals surface area contributed by atoms with Crippen LogP contribution in [0.25, 0.3) is 0 Å². The molecular formula is C24H33IN4O2S. The van der Waals surface area contributed by atoms with Crippen LogP contribution in [0.15, 0.2) is 40.7 Å². The molecule has 2 aliphatic rings. The van der Waals surface area contributed by atoms with Gasteiger partial charge in [0.1, 0.15) is 5.75 Å². The smallest absolute Gasteiger partial charge is 0.224 e. The molecule has 32 heavy (non-hydrogen) atoms. The van der Waals surface area contributed by atoms with Crippen LogP contribution in [0, 0.1) is 0 Å². The number of thiophene rings is 1. The summed E-state index contributed by atoms with van der Waals surface area (Å²) in [4.78, 5) is 23.2. The quantitative estimate of drug-likeness (QED) is 0.324. The second-order valence-corrected chi connectivity index (χ2v) is 9.13. The number of guanidine groups is 1. The van der Waals surface area contributed by atoms with Crippen molar-refractivity contribution < 1.29 is 9.53 Å². The highest BCUT2D eigenvalue weighted by molar-refractivity contribution is 14.0. The summed E-state index contributed by atoms with van der Waals surface area (Å²) in [5.74, 6) is 2.51. The van der Waals surface area contributed by atoms with Gasteiger partial charge in [0.2, 0.25) is 5.91 Å². The van der Waals surface area contributed by atoms with Crippen molar-refractivity contribution in [1.29, 1.82) is 0 Å². The van der Waals surface area contributed by atoms with Gasteiger partial charge in [-0.25, -0.2) is 0 Å². The first-order valence-electron chi connectivity index (χ1n) is 11.2. The van der Waals surface area contributed by atoms with Gasteiger partial charge in [-0.2, -0.15) is 0 Å². The van der Waals surface area contributed by atoms with Crippen molar-refractivity contribution >= 4 is 47.2 Å².